The van der Waals surface area contributed by atoms with Gasteiger partial charge in [0.25, 0.3) is 0 Å². The van der Waals surface area contributed by atoms with Crippen molar-refractivity contribution in [2.45, 2.75) is 6.54 Å². The van der Waals surface area contributed by atoms with Crippen molar-refractivity contribution in [3.05, 3.63) is 46.4 Å². The Labute approximate surface area is 85.2 Å². The molecule has 1 heterocycles. The van der Waals surface area contributed by atoms with Gasteiger partial charge in [-0.25, -0.2) is 4.79 Å². The highest BCUT2D eigenvalue weighted by Crippen LogP contribution is 2.11. The maximum Gasteiger partial charge on any atom is 0.420 e. The molecule has 0 fully saturated rings. The average molecular weight is 210 g/mol. The fourth-order valence-electron chi connectivity index (χ4n) is 1.33. The lowest BCUT2D eigenvalue weighted by Gasteiger charge is -1.94. The molecular formula is C10H8ClNO2. The summed E-state index contributed by atoms with van der Waals surface area (Å²) in [4.78, 5) is 11.4. The first-order valence-corrected chi connectivity index (χ1v) is 4.60. The Kier molecular flexibility index (Phi) is 2.41. The minimum absolute atomic E-state index is 0.360. The lowest BCUT2D eigenvalue weighted by molar-refractivity contribution is 0.520. The Hall–Kier alpha value is -1.48. The maximum absolute atomic E-state index is 11.4. The van der Waals surface area contributed by atoms with Gasteiger partial charge in [0.2, 0.25) is 0 Å². The van der Waals surface area contributed by atoms with Crippen molar-refractivity contribution in [3.8, 4) is 0 Å². The summed E-state index contributed by atoms with van der Waals surface area (Å²) in [6.07, 6.45) is 1.69. The Bertz CT molecular complexity index is 524. The highest BCUT2D eigenvalue weighted by Gasteiger charge is 2.05. The summed E-state index contributed by atoms with van der Waals surface area (Å²) in [7, 11) is 0. The first-order chi connectivity index (χ1) is 6.83. The molecule has 3 nitrogen and oxygen atoms in total. The first-order valence-electron chi connectivity index (χ1n) is 4.16. The largest absolute Gasteiger partial charge is 0.420 e. The second-order valence-electron chi connectivity index (χ2n) is 2.81. The molecular weight excluding hydrogens is 202 g/mol. The lowest BCUT2D eigenvalue weighted by atomic mass is 10.3. The van der Waals surface area contributed by atoms with E-state index < -0.39 is 0 Å². The van der Waals surface area contributed by atoms with Crippen LogP contribution in [0.3, 0.4) is 0 Å². The van der Waals surface area contributed by atoms with Gasteiger partial charge in [0, 0.05) is 12.1 Å². The topological polar surface area (TPSA) is 35.1 Å². The summed E-state index contributed by atoms with van der Waals surface area (Å²) in [5.74, 6) is -0.360. The zero-order valence-corrected chi connectivity index (χ0v) is 8.07. The number of rotatable bonds is 2. The van der Waals surface area contributed by atoms with Gasteiger partial charge in [-0.05, 0) is 12.1 Å². The van der Waals surface area contributed by atoms with E-state index in [2.05, 4.69) is 0 Å². The van der Waals surface area contributed by atoms with Crippen LogP contribution >= 0.6 is 11.6 Å². The number of para-hydroxylation sites is 2. The Morgan fingerprint density at radius 3 is 3.00 bits per heavy atom. The lowest BCUT2D eigenvalue weighted by Crippen LogP contribution is -2.12. The van der Waals surface area contributed by atoms with E-state index in [1.165, 1.54) is 10.1 Å². The Morgan fingerprint density at radius 1 is 1.43 bits per heavy atom. The van der Waals surface area contributed by atoms with Crippen molar-refractivity contribution in [1.82, 2.24) is 4.57 Å². The van der Waals surface area contributed by atoms with Crippen LogP contribution < -0.4 is 5.76 Å². The number of nitrogens with zero attached hydrogens (tertiary/aromatic N) is 1. The quantitative estimate of drug-likeness (QED) is 0.761. The third-order valence-corrected chi connectivity index (χ3v) is 2.13. The second-order valence-corrected chi connectivity index (χ2v) is 3.06. The molecule has 0 amide bonds. The molecule has 2 aromatic rings. The number of fused-ring (bicyclic) bond motifs is 1. The molecule has 0 N–H and O–H groups in total. The summed E-state index contributed by atoms with van der Waals surface area (Å²) in [6.45, 7) is 0.430. The van der Waals surface area contributed by atoms with Crippen LogP contribution in [0.1, 0.15) is 0 Å². The molecule has 0 radical (unpaired) electrons. The van der Waals surface area contributed by atoms with Gasteiger partial charge in [0.05, 0.1) is 5.52 Å². The second kappa shape index (κ2) is 3.72. The fourth-order valence-corrected chi connectivity index (χ4v) is 1.41. The summed E-state index contributed by atoms with van der Waals surface area (Å²) in [5.41, 5.74) is 2.77. The maximum atomic E-state index is 11.4. The van der Waals surface area contributed by atoms with Gasteiger partial charge in [-0.3, -0.25) is 4.57 Å². The molecule has 72 valence electrons. The smallest absolute Gasteiger partial charge is 0.408 e. The normalized spacial score (nSPS) is 11.5. The van der Waals surface area contributed by atoms with Crippen LogP contribution in [0.15, 0.2) is 45.1 Å². The zero-order valence-electron chi connectivity index (χ0n) is 7.31. The van der Waals surface area contributed by atoms with Gasteiger partial charge in [0.15, 0.2) is 5.58 Å². The van der Waals surface area contributed by atoms with Crippen molar-refractivity contribution in [1.29, 1.82) is 0 Å². The predicted octanol–water partition coefficient (Wildman–Crippen LogP) is 2.35. The van der Waals surface area contributed by atoms with Crippen molar-refractivity contribution in [2.75, 3.05) is 0 Å². The van der Waals surface area contributed by atoms with Crippen LogP contribution in [-0.4, -0.2) is 4.57 Å². The molecule has 0 spiro atoms. The van der Waals surface area contributed by atoms with Gasteiger partial charge in [-0.1, -0.05) is 29.8 Å². The van der Waals surface area contributed by atoms with Crippen LogP contribution in [0.25, 0.3) is 11.1 Å². The van der Waals surface area contributed by atoms with Gasteiger partial charge < -0.3 is 4.42 Å². The SMILES string of the molecule is O=c1oc2ccccc2n1CC=CCl. The average Bonchev–Trinajstić information content (AvgIpc) is 2.51. The minimum atomic E-state index is -0.360. The third kappa shape index (κ3) is 1.46. The van der Waals surface area contributed by atoms with Crippen LogP contribution in [0, 0.1) is 0 Å². The summed E-state index contributed by atoms with van der Waals surface area (Å²) in [6, 6.07) is 7.28. The van der Waals surface area contributed by atoms with Gasteiger partial charge >= 0.3 is 5.76 Å². The molecule has 0 atom stereocenters. The fraction of sp³-hybridized carbons (Fsp3) is 0.100. The molecule has 0 unspecified atom stereocenters. The molecule has 0 bridgehead atoms. The van der Waals surface area contributed by atoms with E-state index in [9.17, 15) is 4.79 Å². The zero-order chi connectivity index (χ0) is 9.97. The van der Waals surface area contributed by atoms with E-state index in [0.29, 0.717) is 12.1 Å². The van der Waals surface area contributed by atoms with Crippen molar-refractivity contribution in [3.63, 3.8) is 0 Å². The van der Waals surface area contributed by atoms with Gasteiger partial charge in [0.1, 0.15) is 0 Å². The standard InChI is InChI=1S/C10H8ClNO2/c11-6-3-7-12-8-4-1-2-5-9(8)14-10(12)13/h1-6H,7H2. The number of halogens is 1. The van der Waals surface area contributed by atoms with Gasteiger partial charge in [-0.15, -0.1) is 0 Å². The third-order valence-electron chi connectivity index (χ3n) is 1.95. The Morgan fingerprint density at radius 2 is 2.21 bits per heavy atom. The van der Waals surface area contributed by atoms with Crippen LogP contribution in [0.2, 0.25) is 0 Å². The van der Waals surface area contributed by atoms with E-state index in [4.69, 9.17) is 16.0 Å². The molecule has 0 saturated carbocycles. The van der Waals surface area contributed by atoms with E-state index in [1.807, 2.05) is 18.2 Å². The molecule has 14 heavy (non-hydrogen) atoms. The number of hydrogen-bond donors (Lipinski definition) is 0. The molecule has 0 aliphatic carbocycles. The van der Waals surface area contributed by atoms with Crippen LogP contribution in [0.4, 0.5) is 0 Å². The number of allylic oxidation sites excluding steroid dienone is 1. The van der Waals surface area contributed by atoms with E-state index in [-0.39, 0.29) is 5.76 Å². The number of hydrogen-bond acceptors (Lipinski definition) is 2. The van der Waals surface area contributed by atoms with Crippen LogP contribution in [0.5, 0.6) is 0 Å². The van der Waals surface area contributed by atoms with E-state index >= 15 is 0 Å². The van der Waals surface area contributed by atoms with Crippen molar-refractivity contribution >= 4 is 22.7 Å². The molecule has 2 rings (SSSR count). The van der Waals surface area contributed by atoms with E-state index in [1.54, 1.807) is 12.1 Å². The summed E-state index contributed by atoms with van der Waals surface area (Å²) < 4.78 is 6.55. The highest BCUT2D eigenvalue weighted by atomic mass is 35.5. The van der Waals surface area contributed by atoms with E-state index in [0.717, 1.165) is 5.52 Å². The Balaban J connectivity index is 2.62. The summed E-state index contributed by atoms with van der Waals surface area (Å²) in [5, 5.41) is 0. The number of aromatic nitrogens is 1. The predicted molar refractivity (Wildman–Crippen MR) is 55.5 cm³/mol. The molecule has 4 heteroatoms. The molecule has 1 aromatic carbocycles. The molecule has 0 aliphatic rings. The highest BCUT2D eigenvalue weighted by molar-refractivity contribution is 6.25. The monoisotopic (exact) mass is 209 g/mol. The van der Waals surface area contributed by atoms with Gasteiger partial charge in [-0.2, -0.15) is 0 Å². The molecule has 0 saturated heterocycles. The minimum Gasteiger partial charge on any atom is -0.408 e. The van der Waals surface area contributed by atoms with Crippen molar-refractivity contribution in [2.24, 2.45) is 0 Å². The number of benzene rings is 1. The molecule has 0 aliphatic heterocycles. The first kappa shape index (κ1) is 9.09. The number of oxazole rings is 1. The van der Waals surface area contributed by atoms with Crippen molar-refractivity contribution < 1.29 is 4.42 Å². The van der Waals surface area contributed by atoms with Crippen LogP contribution in [-0.2, 0) is 6.54 Å². The summed E-state index contributed by atoms with van der Waals surface area (Å²) >= 11 is 5.40. The molecule has 1 aromatic heterocycles.